The summed E-state index contributed by atoms with van der Waals surface area (Å²) in [5.74, 6) is 5.45. The molecule has 1 aliphatic rings. The van der Waals surface area contributed by atoms with Crippen molar-refractivity contribution in [2.75, 3.05) is 14.2 Å². The highest BCUT2D eigenvalue weighted by atomic mass is 79.9. The van der Waals surface area contributed by atoms with Crippen molar-refractivity contribution in [3.63, 3.8) is 0 Å². The van der Waals surface area contributed by atoms with Gasteiger partial charge in [0.15, 0.2) is 0 Å². The number of nitrogens with two attached hydrogens (primary N) is 2. The van der Waals surface area contributed by atoms with Gasteiger partial charge in [0, 0.05) is 35.3 Å². The van der Waals surface area contributed by atoms with E-state index in [0.29, 0.717) is 11.3 Å². The molecule has 3 rings (SSSR count). The lowest BCUT2D eigenvalue weighted by Gasteiger charge is -2.11. The molecule has 1 aromatic heterocycles. The van der Waals surface area contributed by atoms with E-state index >= 15 is 0 Å². The van der Waals surface area contributed by atoms with Crippen LogP contribution in [0.25, 0.3) is 5.69 Å². The van der Waals surface area contributed by atoms with Crippen LogP contribution in [0.3, 0.4) is 0 Å². The molecule has 25 heavy (non-hydrogen) atoms. The topological polar surface area (TPSA) is 99.4 Å². The first-order valence-electron chi connectivity index (χ1n) is 7.79. The maximum absolute atomic E-state index is 12.2. The van der Waals surface area contributed by atoms with Gasteiger partial charge in [0.1, 0.15) is 5.56 Å². The minimum absolute atomic E-state index is 0.0896. The number of ether oxygens (including phenoxy) is 1. The molecule has 2 unspecified atom stereocenters. The number of nitrogens with zero attached hydrogens (tertiary/aromatic N) is 3. The van der Waals surface area contributed by atoms with E-state index < -0.39 is 5.97 Å². The van der Waals surface area contributed by atoms with Crippen LogP contribution < -0.4 is 11.6 Å². The number of benzene rings is 1. The Morgan fingerprint density at radius 2 is 2.28 bits per heavy atom. The van der Waals surface area contributed by atoms with Crippen LogP contribution in [-0.4, -0.2) is 34.9 Å². The van der Waals surface area contributed by atoms with Crippen LogP contribution in [0.1, 0.15) is 28.4 Å². The van der Waals surface area contributed by atoms with Crippen molar-refractivity contribution < 1.29 is 9.53 Å². The quantitative estimate of drug-likeness (QED) is 0.449. The molecule has 7 nitrogen and oxygen atoms in total. The Kier molecular flexibility index (Phi) is 4.82. The number of esters is 1. The lowest BCUT2D eigenvalue weighted by atomic mass is 10.1. The van der Waals surface area contributed by atoms with E-state index in [2.05, 4.69) is 21.0 Å². The number of allylic oxidation sites excluding steroid dienone is 1. The van der Waals surface area contributed by atoms with Crippen LogP contribution in [0.2, 0.25) is 0 Å². The van der Waals surface area contributed by atoms with Crippen molar-refractivity contribution in [1.82, 2.24) is 14.8 Å². The van der Waals surface area contributed by atoms with Gasteiger partial charge in [-0.3, -0.25) is 0 Å². The van der Waals surface area contributed by atoms with Gasteiger partial charge in [-0.15, -0.1) is 0 Å². The van der Waals surface area contributed by atoms with E-state index in [1.165, 1.54) is 12.1 Å². The van der Waals surface area contributed by atoms with Crippen LogP contribution in [0.5, 0.6) is 0 Å². The molecule has 0 aliphatic heterocycles. The zero-order valence-corrected chi connectivity index (χ0v) is 15.6. The number of aromatic nitrogens is 2. The van der Waals surface area contributed by atoms with E-state index in [4.69, 9.17) is 16.3 Å². The largest absolute Gasteiger partial charge is 0.465 e. The van der Waals surface area contributed by atoms with Gasteiger partial charge in [-0.2, -0.15) is 5.10 Å². The number of carbonyl (C=O) groups is 1. The minimum atomic E-state index is -0.402. The maximum atomic E-state index is 12.2. The monoisotopic (exact) mass is 405 g/mol. The van der Waals surface area contributed by atoms with Gasteiger partial charge in [-0.05, 0) is 24.6 Å². The SMILES string of the molecule is COC(=O)c1cnn(-c2cccc(Br)c2)c1C1CC1/C(N)=C/N(C)N. The Morgan fingerprint density at radius 1 is 1.52 bits per heavy atom. The van der Waals surface area contributed by atoms with E-state index in [1.807, 2.05) is 24.3 Å². The first-order valence-corrected chi connectivity index (χ1v) is 8.58. The number of rotatable bonds is 5. The average molecular weight is 406 g/mol. The van der Waals surface area contributed by atoms with Gasteiger partial charge in [0.2, 0.25) is 0 Å². The fraction of sp³-hybridized carbons (Fsp3) is 0.294. The van der Waals surface area contributed by atoms with E-state index in [0.717, 1.165) is 22.3 Å². The third kappa shape index (κ3) is 3.54. The highest BCUT2D eigenvalue weighted by Crippen LogP contribution is 2.51. The van der Waals surface area contributed by atoms with Crippen molar-refractivity contribution in [3.05, 3.63) is 58.1 Å². The zero-order chi connectivity index (χ0) is 18.1. The van der Waals surface area contributed by atoms with Gasteiger partial charge in [0.25, 0.3) is 0 Å². The Hall–Kier alpha value is -2.32. The summed E-state index contributed by atoms with van der Waals surface area (Å²) in [5, 5.41) is 5.84. The van der Waals surface area contributed by atoms with Crippen LogP contribution in [0.15, 0.2) is 46.8 Å². The number of hydrazine groups is 1. The lowest BCUT2D eigenvalue weighted by molar-refractivity contribution is 0.0599. The Balaban J connectivity index is 2.02. The predicted molar refractivity (Wildman–Crippen MR) is 97.7 cm³/mol. The summed E-state index contributed by atoms with van der Waals surface area (Å²) in [6.45, 7) is 0. The summed E-state index contributed by atoms with van der Waals surface area (Å²) in [7, 11) is 3.08. The fourth-order valence-corrected chi connectivity index (χ4v) is 3.38. The molecule has 0 spiro atoms. The van der Waals surface area contributed by atoms with Crippen LogP contribution in [0.4, 0.5) is 0 Å². The molecule has 2 aromatic rings. The summed E-state index contributed by atoms with van der Waals surface area (Å²) in [4.78, 5) is 12.2. The van der Waals surface area contributed by atoms with Crippen molar-refractivity contribution in [1.29, 1.82) is 0 Å². The molecule has 4 N–H and O–H groups in total. The Labute approximate surface area is 154 Å². The molecule has 2 atom stereocenters. The summed E-state index contributed by atoms with van der Waals surface area (Å²) in [5.41, 5.74) is 8.96. The summed E-state index contributed by atoms with van der Waals surface area (Å²) >= 11 is 3.47. The Morgan fingerprint density at radius 3 is 2.92 bits per heavy atom. The summed E-state index contributed by atoms with van der Waals surface area (Å²) in [6.07, 6.45) is 4.08. The smallest absolute Gasteiger partial charge is 0.341 e. The standard InChI is InChI=1S/C17H20BrN5O2/c1-22(20)9-15(19)12-7-13(12)16-14(17(24)25-2)8-21-23(16)11-5-3-4-10(18)6-11/h3-6,8-9,12-13H,7,19-20H2,1-2H3/b15-9-. The minimum Gasteiger partial charge on any atom is -0.465 e. The van der Waals surface area contributed by atoms with Crippen LogP contribution >= 0.6 is 15.9 Å². The van der Waals surface area contributed by atoms with Gasteiger partial charge in [-0.1, -0.05) is 22.0 Å². The highest BCUT2D eigenvalue weighted by molar-refractivity contribution is 9.10. The molecule has 132 valence electrons. The summed E-state index contributed by atoms with van der Waals surface area (Å²) in [6, 6.07) is 7.74. The zero-order valence-electron chi connectivity index (χ0n) is 14.0. The van der Waals surface area contributed by atoms with Gasteiger partial charge < -0.3 is 15.5 Å². The van der Waals surface area contributed by atoms with Crippen molar-refractivity contribution in [2.24, 2.45) is 17.5 Å². The lowest BCUT2D eigenvalue weighted by Crippen LogP contribution is -2.21. The van der Waals surface area contributed by atoms with Crippen molar-refractivity contribution >= 4 is 21.9 Å². The number of carbonyl (C=O) groups excluding carboxylic acids is 1. The first kappa shape index (κ1) is 17.5. The maximum Gasteiger partial charge on any atom is 0.341 e. The van der Waals surface area contributed by atoms with E-state index in [9.17, 15) is 4.79 Å². The van der Waals surface area contributed by atoms with Crippen molar-refractivity contribution in [3.8, 4) is 5.69 Å². The second kappa shape index (κ2) is 6.89. The Bertz CT molecular complexity index is 830. The third-order valence-electron chi connectivity index (χ3n) is 4.19. The van der Waals surface area contributed by atoms with E-state index in [-0.39, 0.29) is 11.8 Å². The van der Waals surface area contributed by atoms with Crippen molar-refractivity contribution in [2.45, 2.75) is 12.3 Å². The average Bonchev–Trinajstić information content (AvgIpc) is 3.24. The molecule has 8 heteroatoms. The molecular formula is C17H20BrN5O2. The second-order valence-corrected chi connectivity index (χ2v) is 6.99. The highest BCUT2D eigenvalue weighted by Gasteiger charge is 2.45. The molecule has 1 fully saturated rings. The first-order chi connectivity index (χ1) is 11.9. The molecule has 0 radical (unpaired) electrons. The number of halogens is 1. The number of methoxy groups -OCH3 is 1. The normalized spacial score (nSPS) is 19.6. The second-order valence-electron chi connectivity index (χ2n) is 6.07. The molecule has 1 saturated carbocycles. The molecule has 1 heterocycles. The molecular weight excluding hydrogens is 386 g/mol. The van der Waals surface area contributed by atoms with Gasteiger partial charge in [0.05, 0.1) is 24.7 Å². The third-order valence-corrected chi connectivity index (χ3v) is 4.68. The molecule has 1 aromatic carbocycles. The van der Waals surface area contributed by atoms with Crippen LogP contribution in [0, 0.1) is 5.92 Å². The molecule has 0 bridgehead atoms. The van der Waals surface area contributed by atoms with Gasteiger partial charge >= 0.3 is 5.97 Å². The number of hydrogen-bond acceptors (Lipinski definition) is 6. The predicted octanol–water partition coefficient (Wildman–Crippen LogP) is 2.13. The van der Waals surface area contributed by atoms with Gasteiger partial charge in [-0.25, -0.2) is 15.3 Å². The van der Waals surface area contributed by atoms with E-state index in [1.54, 1.807) is 24.1 Å². The van der Waals surface area contributed by atoms with Crippen LogP contribution in [-0.2, 0) is 4.74 Å². The summed E-state index contributed by atoms with van der Waals surface area (Å²) < 4.78 is 7.62. The molecule has 1 aliphatic carbocycles. The fourth-order valence-electron chi connectivity index (χ4n) is 2.99. The number of hydrogen-bond donors (Lipinski definition) is 2. The molecule has 0 saturated heterocycles. The molecule has 0 amide bonds.